The molecule has 2 aromatic rings. The van der Waals surface area contributed by atoms with Gasteiger partial charge in [-0.2, -0.15) is 0 Å². The summed E-state index contributed by atoms with van der Waals surface area (Å²) in [5.74, 6) is 0.414. The third kappa shape index (κ3) is 7.22. The van der Waals surface area contributed by atoms with Crippen molar-refractivity contribution in [3.05, 3.63) is 94.5 Å². The summed E-state index contributed by atoms with van der Waals surface area (Å²) < 4.78 is 64.8. The van der Waals surface area contributed by atoms with Gasteiger partial charge in [0.2, 0.25) is 0 Å². The van der Waals surface area contributed by atoms with Gasteiger partial charge in [0.25, 0.3) is 6.43 Å². The van der Waals surface area contributed by atoms with Crippen LogP contribution < -0.4 is 10.5 Å². The molecule has 0 bridgehead atoms. The zero-order valence-corrected chi connectivity index (χ0v) is 23.1. The Kier molecular flexibility index (Phi) is 9.49. The number of allylic oxidation sites excluding steroid dienone is 7. The molecule has 0 amide bonds. The third-order valence-electron chi connectivity index (χ3n) is 7.72. The average molecular weight is 569 g/mol. The lowest BCUT2D eigenvalue weighted by Crippen LogP contribution is -2.24. The summed E-state index contributed by atoms with van der Waals surface area (Å²) in [7, 11) is 0. The Morgan fingerprint density at radius 1 is 1.05 bits per heavy atom. The van der Waals surface area contributed by atoms with Crippen molar-refractivity contribution in [1.82, 2.24) is 4.90 Å². The number of nitrogen functional groups attached to an aromatic ring is 1. The average Bonchev–Trinajstić information content (AvgIpc) is 3.15. The predicted molar refractivity (Wildman–Crippen MR) is 155 cm³/mol. The molecule has 0 unspecified atom stereocenters. The largest absolute Gasteiger partial charge is 0.493 e. The van der Waals surface area contributed by atoms with Gasteiger partial charge in [-0.15, -0.1) is 0 Å². The van der Waals surface area contributed by atoms with Gasteiger partial charge in [0, 0.05) is 43.4 Å². The zero-order valence-electron chi connectivity index (χ0n) is 23.1. The van der Waals surface area contributed by atoms with Crippen molar-refractivity contribution in [3.8, 4) is 5.75 Å². The Bertz CT molecular complexity index is 1360. The van der Waals surface area contributed by atoms with Crippen LogP contribution in [0.2, 0.25) is 0 Å². The molecule has 1 saturated heterocycles. The standard InChI is InChI=1S/C33H36F4N2O2/c34-15-3-16-39-17-14-27(20-39)41-25-6-1-4-22(8-10-25)33-28-12-9-24(38)18-23(28)5-2-7-30(33)29-13-11-26(19-31(29)35)40-21-32(36)37/h1,4,8-13,18-19,27,32H,2-3,5-7,14-17,20-21,38H2/t27-/m0/s1. The van der Waals surface area contributed by atoms with Crippen molar-refractivity contribution in [2.45, 2.75) is 51.1 Å². The van der Waals surface area contributed by atoms with Crippen LogP contribution in [0.15, 0.2) is 72.0 Å². The minimum atomic E-state index is -2.64. The Labute approximate surface area is 238 Å². The Balaban J connectivity index is 1.49. The van der Waals surface area contributed by atoms with E-state index in [-0.39, 0.29) is 18.5 Å². The number of ether oxygens (including phenoxy) is 2. The van der Waals surface area contributed by atoms with E-state index < -0.39 is 18.8 Å². The van der Waals surface area contributed by atoms with Crippen LogP contribution in [-0.2, 0) is 11.2 Å². The van der Waals surface area contributed by atoms with Gasteiger partial charge in [-0.1, -0.05) is 24.3 Å². The molecule has 41 heavy (non-hydrogen) atoms. The van der Waals surface area contributed by atoms with Gasteiger partial charge in [0.15, 0.2) is 0 Å². The molecule has 2 aromatic carbocycles. The van der Waals surface area contributed by atoms with Gasteiger partial charge in [-0.3, -0.25) is 9.29 Å². The van der Waals surface area contributed by atoms with E-state index >= 15 is 4.39 Å². The normalized spacial score (nSPS) is 19.5. The summed E-state index contributed by atoms with van der Waals surface area (Å²) in [5.41, 5.74) is 12.0. The summed E-state index contributed by atoms with van der Waals surface area (Å²) in [6.45, 7) is 1.35. The van der Waals surface area contributed by atoms with E-state index in [2.05, 4.69) is 11.0 Å². The molecule has 1 aliphatic heterocycles. The first-order valence-electron chi connectivity index (χ1n) is 14.3. The quantitative estimate of drug-likeness (QED) is 0.238. The van der Waals surface area contributed by atoms with Crippen LogP contribution in [0, 0.1) is 5.82 Å². The van der Waals surface area contributed by atoms with Crippen LogP contribution in [0.5, 0.6) is 5.75 Å². The molecule has 0 aromatic heterocycles. The minimum absolute atomic E-state index is 0.0699. The molecule has 8 heteroatoms. The minimum Gasteiger partial charge on any atom is -0.493 e. The summed E-state index contributed by atoms with van der Waals surface area (Å²) in [6.07, 6.45) is 9.87. The summed E-state index contributed by atoms with van der Waals surface area (Å²) in [6, 6.07) is 10.2. The number of anilines is 1. The number of benzene rings is 2. The van der Waals surface area contributed by atoms with E-state index in [1.54, 1.807) is 12.1 Å². The van der Waals surface area contributed by atoms with Gasteiger partial charge >= 0.3 is 0 Å². The van der Waals surface area contributed by atoms with Crippen LogP contribution >= 0.6 is 0 Å². The highest BCUT2D eigenvalue weighted by atomic mass is 19.3. The molecule has 0 saturated carbocycles. The molecule has 0 spiro atoms. The Morgan fingerprint density at radius 2 is 1.90 bits per heavy atom. The number of halogens is 4. The highest BCUT2D eigenvalue weighted by molar-refractivity contribution is 6.01. The van der Waals surface area contributed by atoms with Crippen LogP contribution in [0.1, 0.15) is 48.8 Å². The maximum Gasteiger partial charge on any atom is 0.272 e. The van der Waals surface area contributed by atoms with E-state index in [9.17, 15) is 13.2 Å². The second kappa shape index (κ2) is 13.4. The van der Waals surface area contributed by atoms with E-state index in [1.165, 1.54) is 6.07 Å². The summed E-state index contributed by atoms with van der Waals surface area (Å²) in [5, 5.41) is 0. The molecule has 2 aliphatic carbocycles. The molecule has 218 valence electrons. The van der Waals surface area contributed by atoms with Crippen molar-refractivity contribution < 1.29 is 27.0 Å². The summed E-state index contributed by atoms with van der Waals surface area (Å²) >= 11 is 0. The fraction of sp³-hybridized carbons (Fsp3) is 0.394. The van der Waals surface area contributed by atoms with Crippen molar-refractivity contribution in [3.63, 3.8) is 0 Å². The number of nitrogens with zero attached hydrogens (tertiary/aromatic N) is 1. The van der Waals surface area contributed by atoms with E-state index in [1.807, 2.05) is 36.4 Å². The molecular weight excluding hydrogens is 532 g/mol. The second-order valence-corrected chi connectivity index (χ2v) is 10.7. The monoisotopic (exact) mass is 568 g/mol. The fourth-order valence-corrected chi connectivity index (χ4v) is 5.85. The molecule has 0 radical (unpaired) electrons. The van der Waals surface area contributed by atoms with Crippen molar-refractivity contribution in [2.24, 2.45) is 0 Å². The van der Waals surface area contributed by atoms with Crippen LogP contribution in [0.25, 0.3) is 11.1 Å². The van der Waals surface area contributed by atoms with E-state index in [0.29, 0.717) is 30.5 Å². The SMILES string of the molecule is Nc1ccc2c(c1)CCCC(c1ccc(OCC(F)F)cc1F)=C2C1=CC=C(O[C@H]2CCN(CCCF)C2)CC=C1. The molecule has 3 aliphatic rings. The van der Waals surface area contributed by atoms with Gasteiger partial charge in [0.1, 0.15) is 30.0 Å². The van der Waals surface area contributed by atoms with Gasteiger partial charge in [-0.05, 0) is 90.3 Å². The fourth-order valence-electron chi connectivity index (χ4n) is 5.85. The third-order valence-corrected chi connectivity index (χ3v) is 7.72. The zero-order chi connectivity index (χ0) is 28.8. The predicted octanol–water partition coefficient (Wildman–Crippen LogP) is 7.52. The lowest BCUT2D eigenvalue weighted by atomic mass is 9.87. The number of rotatable bonds is 10. The lowest BCUT2D eigenvalue weighted by molar-refractivity contribution is 0.0817. The van der Waals surface area contributed by atoms with Crippen molar-refractivity contribution in [2.75, 3.05) is 38.6 Å². The molecular formula is C33H36F4N2O2. The number of hydrogen-bond donors (Lipinski definition) is 1. The maximum atomic E-state index is 15.5. The number of hydrogen-bond acceptors (Lipinski definition) is 4. The molecule has 1 atom stereocenters. The Morgan fingerprint density at radius 3 is 2.71 bits per heavy atom. The number of alkyl halides is 3. The molecule has 1 fully saturated rings. The number of nitrogens with two attached hydrogens (primary N) is 1. The van der Waals surface area contributed by atoms with Crippen molar-refractivity contribution in [1.29, 1.82) is 0 Å². The lowest BCUT2D eigenvalue weighted by Gasteiger charge is -2.18. The molecule has 5 rings (SSSR count). The first-order chi connectivity index (χ1) is 19.9. The molecule has 1 heterocycles. The van der Waals surface area contributed by atoms with Gasteiger partial charge < -0.3 is 15.2 Å². The first-order valence-corrected chi connectivity index (χ1v) is 14.3. The van der Waals surface area contributed by atoms with Crippen molar-refractivity contribution >= 4 is 16.8 Å². The highest BCUT2D eigenvalue weighted by Gasteiger charge is 2.26. The van der Waals surface area contributed by atoms with Gasteiger partial charge in [-0.25, -0.2) is 13.2 Å². The van der Waals surface area contributed by atoms with E-state index in [0.717, 1.165) is 72.5 Å². The van der Waals surface area contributed by atoms with Crippen LogP contribution in [-0.4, -0.2) is 50.3 Å². The number of likely N-dealkylation sites (tertiary alicyclic amines) is 1. The highest BCUT2D eigenvalue weighted by Crippen LogP contribution is 2.42. The molecule has 4 nitrogen and oxygen atoms in total. The first kappa shape index (κ1) is 29.0. The number of fused-ring (bicyclic) bond motifs is 1. The second-order valence-electron chi connectivity index (χ2n) is 10.7. The van der Waals surface area contributed by atoms with Gasteiger partial charge in [0.05, 0.1) is 6.67 Å². The van der Waals surface area contributed by atoms with Crippen LogP contribution in [0.3, 0.4) is 0 Å². The smallest absolute Gasteiger partial charge is 0.272 e. The Hall–Kier alpha value is -3.52. The topological polar surface area (TPSA) is 47.7 Å². The molecule has 2 N–H and O–H groups in total. The van der Waals surface area contributed by atoms with Crippen LogP contribution in [0.4, 0.5) is 23.2 Å². The van der Waals surface area contributed by atoms with E-state index in [4.69, 9.17) is 15.2 Å². The number of aryl methyl sites for hydroxylation is 1. The summed E-state index contributed by atoms with van der Waals surface area (Å²) in [4.78, 5) is 2.24. The maximum absolute atomic E-state index is 15.5.